The molecule has 1 aromatic heterocycles. The summed E-state index contributed by atoms with van der Waals surface area (Å²) in [4.78, 5) is 28.2. The van der Waals surface area contributed by atoms with Crippen molar-refractivity contribution in [2.45, 2.75) is 18.9 Å². The summed E-state index contributed by atoms with van der Waals surface area (Å²) in [6.45, 7) is 0.915. The van der Waals surface area contributed by atoms with Gasteiger partial charge < -0.3 is 15.2 Å². The number of thiazole rings is 1. The second-order valence-corrected chi connectivity index (χ2v) is 6.81. The summed E-state index contributed by atoms with van der Waals surface area (Å²) in [6, 6.07) is 5.13. The number of hydrogen-bond donors (Lipinski definition) is 2. The van der Waals surface area contributed by atoms with E-state index < -0.39 is 23.7 Å². The van der Waals surface area contributed by atoms with Gasteiger partial charge in [0.15, 0.2) is 0 Å². The molecule has 3 rings (SSSR count). The summed E-state index contributed by atoms with van der Waals surface area (Å²) in [5, 5.41) is 12.3. The minimum Gasteiger partial charge on any atom is -0.480 e. The second-order valence-electron chi connectivity index (χ2n) is 5.78. The predicted octanol–water partition coefficient (Wildman–Crippen LogP) is 2.56. The lowest BCUT2D eigenvalue weighted by Crippen LogP contribution is -2.48. The van der Waals surface area contributed by atoms with E-state index in [-0.39, 0.29) is 10.8 Å². The van der Waals surface area contributed by atoms with Gasteiger partial charge in [0, 0.05) is 18.1 Å². The Morgan fingerprint density at radius 2 is 2.20 bits per heavy atom. The summed E-state index contributed by atoms with van der Waals surface area (Å²) >= 11 is 1.02. The number of carbonyl (C=O) groups is 2. The van der Waals surface area contributed by atoms with Crippen LogP contribution in [0.25, 0.3) is 10.6 Å². The highest BCUT2D eigenvalue weighted by atomic mass is 32.1. The Kier molecular flexibility index (Phi) is 5.40. The predicted molar refractivity (Wildman–Crippen MR) is 89.9 cm³/mol. The van der Waals surface area contributed by atoms with Gasteiger partial charge in [0.1, 0.15) is 21.7 Å². The van der Waals surface area contributed by atoms with Crippen LogP contribution in [-0.2, 0) is 9.53 Å². The highest BCUT2D eigenvalue weighted by Crippen LogP contribution is 2.27. The van der Waals surface area contributed by atoms with Crippen LogP contribution in [0, 0.1) is 11.7 Å². The fraction of sp³-hybridized carbons (Fsp3) is 0.353. The van der Waals surface area contributed by atoms with E-state index in [2.05, 4.69) is 10.3 Å². The molecule has 6 nitrogen and oxygen atoms in total. The minimum atomic E-state index is -1.09. The van der Waals surface area contributed by atoms with Crippen molar-refractivity contribution in [2.24, 2.45) is 5.92 Å². The molecule has 1 saturated heterocycles. The zero-order valence-corrected chi connectivity index (χ0v) is 14.1. The van der Waals surface area contributed by atoms with Gasteiger partial charge in [-0.2, -0.15) is 0 Å². The second kappa shape index (κ2) is 7.71. The Morgan fingerprint density at radius 3 is 2.88 bits per heavy atom. The van der Waals surface area contributed by atoms with Crippen LogP contribution in [0.15, 0.2) is 30.5 Å². The monoisotopic (exact) mass is 364 g/mol. The van der Waals surface area contributed by atoms with E-state index in [1.807, 2.05) is 0 Å². The molecule has 0 aliphatic carbocycles. The molecule has 2 unspecified atom stereocenters. The van der Waals surface area contributed by atoms with Gasteiger partial charge in [0.2, 0.25) is 0 Å². The van der Waals surface area contributed by atoms with Crippen molar-refractivity contribution in [1.29, 1.82) is 0 Å². The van der Waals surface area contributed by atoms with Crippen LogP contribution in [0.2, 0.25) is 0 Å². The van der Waals surface area contributed by atoms with Crippen LogP contribution in [-0.4, -0.2) is 41.2 Å². The van der Waals surface area contributed by atoms with Crippen molar-refractivity contribution in [3.05, 3.63) is 41.2 Å². The largest absolute Gasteiger partial charge is 0.480 e. The molecule has 0 saturated carbocycles. The maximum atomic E-state index is 13.8. The van der Waals surface area contributed by atoms with Crippen molar-refractivity contribution in [3.8, 4) is 10.6 Å². The molecule has 25 heavy (non-hydrogen) atoms. The molecule has 1 aromatic carbocycles. The summed E-state index contributed by atoms with van der Waals surface area (Å²) in [5.41, 5.74) is 0.307. The average molecular weight is 364 g/mol. The lowest BCUT2D eigenvalue weighted by atomic mass is 9.93. The first-order valence-electron chi connectivity index (χ1n) is 7.88. The van der Waals surface area contributed by atoms with Gasteiger partial charge in [0.05, 0.1) is 12.8 Å². The van der Waals surface area contributed by atoms with Crippen LogP contribution in [0.5, 0.6) is 0 Å². The fourth-order valence-electron chi connectivity index (χ4n) is 2.76. The molecule has 2 aromatic rings. The van der Waals surface area contributed by atoms with Crippen LogP contribution in [0.3, 0.4) is 0 Å². The van der Waals surface area contributed by atoms with Crippen LogP contribution >= 0.6 is 11.3 Å². The zero-order valence-electron chi connectivity index (χ0n) is 13.3. The maximum Gasteiger partial charge on any atom is 0.326 e. The van der Waals surface area contributed by atoms with E-state index in [9.17, 15) is 19.1 Å². The number of ether oxygens (including phenoxy) is 1. The Morgan fingerprint density at radius 1 is 1.40 bits per heavy atom. The number of nitrogens with zero attached hydrogens (tertiary/aromatic N) is 1. The third kappa shape index (κ3) is 4.02. The third-order valence-corrected chi connectivity index (χ3v) is 5.08. The number of hydrogen-bond acceptors (Lipinski definition) is 5. The smallest absolute Gasteiger partial charge is 0.326 e. The SMILES string of the molecule is O=C(NC(C(=O)O)C1CCCOC1)c1cnc(-c2ccccc2F)s1. The van der Waals surface area contributed by atoms with Crippen LogP contribution in [0.1, 0.15) is 22.5 Å². The van der Waals surface area contributed by atoms with Crippen molar-refractivity contribution in [2.75, 3.05) is 13.2 Å². The van der Waals surface area contributed by atoms with E-state index in [0.717, 1.165) is 17.8 Å². The molecule has 1 aliphatic rings. The first-order valence-corrected chi connectivity index (χ1v) is 8.70. The van der Waals surface area contributed by atoms with E-state index in [0.29, 0.717) is 30.2 Å². The molecular weight excluding hydrogens is 347 g/mol. The normalized spacial score (nSPS) is 18.5. The summed E-state index contributed by atoms with van der Waals surface area (Å²) in [6.07, 6.45) is 2.78. The van der Waals surface area contributed by atoms with Gasteiger partial charge in [-0.05, 0) is 25.0 Å². The molecule has 2 atom stereocenters. The summed E-state index contributed by atoms with van der Waals surface area (Å²) in [7, 11) is 0. The molecule has 1 aliphatic heterocycles. The number of carboxylic acid groups (broad SMARTS) is 1. The molecule has 132 valence electrons. The molecule has 1 fully saturated rings. The number of benzene rings is 1. The van der Waals surface area contributed by atoms with E-state index in [1.54, 1.807) is 18.2 Å². The van der Waals surface area contributed by atoms with Gasteiger partial charge in [-0.1, -0.05) is 12.1 Å². The van der Waals surface area contributed by atoms with Crippen molar-refractivity contribution in [1.82, 2.24) is 10.3 Å². The standard InChI is InChI=1S/C17H17FN2O4S/c18-12-6-2-1-5-11(12)16-19-8-13(25-16)15(21)20-14(17(22)23)10-4-3-7-24-9-10/h1-2,5-6,8,10,14H,3-4,7,9H2,(H,20,21)(H,22,23). The topological polar surface area (TPSA) is 88.5 Å². The number of halogens is 1. The number of carbonyl (C=O) groups excluding carboxylic acids is 1. The van der Waals surface area contributed by atoms with Crippen LogP contribution in [0.4, 0.5) is 4.39 Å². The van der Waals surface area contributed by atoms with E-state index in [1.165, 1.54) is 12.3 Å². The lowest BCUT2D eigenvalue weighted by molar-refractivity contribution is -0.142. The molecular formula is C17H17FN2O4S. The molecule has 0 bridgehead atoms. The van der Waals surface area contributed by atoms with E-state index in [4.69, 9.17) is 4.74 Å². The molecule has 1 amide bonds. The molecule has 0 spiro atoms. The number of amides is 1. The van der Waals surface area contributed by atoms with Gasteiger partial charge in [-0.15, -0.1) is 11.3 Å². The summed E-state index contributed by atoms with van der Waals surface area (Å²) in [5.74, 6) is -2.32. The van der Waals surface area contributed by atoms with Gasteiger partial charge in [0.25, 0.3) is 5.91 Å². The maximum absolute atomic E-state index is 13.8. The van der Waals surface area contributed by atoms with Gasteiger partial charge in [-0.25, -0.2) is 14.2 Å². The number of rotatable bonds is 5. The number of aromatic nitrogens is 1. The van der Waals surface area contributed by atoms with Crippen molar-refractivity contribution < 1.29 is 23.8 Å². The Balaban J connectivity index is 1.74. The Hall–Kier alpha value is -2.32. The van der Waals surface area contributed by atoms with Crippen LogP contribution < -0.4 is 5.32 Å². The molecule has 8 heteroatoms. The highest BCUT2D eigenvalue weighted by Gasteiger charge is 2.32. The first kappa shape index (κ1) is 17.5. The first-order chi connectivity index (χ1) is 12.1. The Bertz CT molecular complexity index is 774. The summed E-state index contributed by atoms with van der Waals surface area (Å²) < 4.78 is 19.1. The van der Waals surface area contributed by atoms with Crippen molar-refractivity contribution >= 4 is 23.2 Å². The van der Waals surface area contributed by atoms with Crippen molar-refractivity contribution in [3.63, 3.8) is 0 Å². The van der Waals surface area contributed by atoms with Gasteiger partial charge in [-0.3, -0.25) is 4.79 Å². The molecule has 0 radical (unpaired) electrons. The Labute approximate surface area is 147 Å². The zero-order chi connectivity index (χ0) is 17.8. The number of nitrogens with one attached hydrogen (secondary N) is 1. The quantitative estimate of drug-likeness (QED) is 0.851. The fourth-order valence-corrected chi connectivity index (χ4v) is 3.61. The molecule has 2 heterocycles. The number of carboxylic acids is 1. The lowest BCUT2D eigenvalue weighted by Gasteiger charge is -2.27. The number of aliphatic carboxylic acids is 1. The van der Waals surface area contributed by atoms with Gasteiger partial charge >= 0.3 is 5.97 Å². The highest BCUT2D eigenvalue weighted by molar-refractivity contribution is 7.16. The minimum absolute atomic E-state index is 0.237. The van der Waals surface area contributed by atoms with E-state index >= 15 is 0 Å². The average Bonchev–Trinajstić information content (AvgIpc) is 3.10. The molecule has 2 N–H and O–H groups in total. The third-order valence-electron chi connectivity index (χ3n) is 4.05.